The molecule has 0 fully saturated rings. The van der Waals surface area contributed by atoms with Crippen LogP contribution in [-0.4, -0.2) is 23.6 Å². The fourth-order valence-corrected chi connectivity index (χ4v) is 3.17. The van der Waals surface area contributed by atoms with Gasteiger partial charge in [-0.2, -0.15) is 5.10 Å². The lowest BCUT2D eigenvalue weighted by Gasteiger charge is -2.16. The fourth-order valence-electron chi connectivity index (χ4n) is 2.89. The van der Waals surface area contributed by atoms with Crippen LogP contribution in [0.25, 0.3) is 0 Å². The second-order valence-electron chi connectivity index (χ2n) is 7.29. The zero-order chi connectivity index (χ0) is 23.3. The molecule has 1 heterocycles. The summed E-state index contributed by atoms with van der Waals surface area (Å²) in [5, 5.41) is 7.41. The van der Waals surface area contributed by atoms with Crippen LogP contribution in [0.15, 0.2) is 64.3 Å². The van der Waals surface area contributed by atoms with Gasteiger partial charge in [-0.05, 0) is 69.2 Å². The van der Waals surface area contributed by atoms with Crippen LogP contribution >= 0.6 is 11.6 Å². The first-order valence-corrected chi connectivity index (χ1v) is 10.3. The highest BCUT2D eigenvalue weighted by atomic mass is 35.5. The van der Waals surface area contributed by atoms with Crippen molar-refractivity contribution in [2.75, 3.05) is 5.32 Å². The number of carbonyl (C=O) groups excluding carboxylic acids is 2. The molecule has 2 amide bonds. The Kier molecular flexibility index (Phi) is 7.33. The number of halogens is 1. The summed E-state index contributed by atoms with van der Waals surface area (Å²) in [5.74, 6) is 0.279. The van der Waals surface area contributed by atoms with Crippen LogP contribution in [0.2, 0.25) is 5.02 Å². The van der Waals surface area contributed by atoms with Crippen molar-refractivity contribution < 1.29 is 18.7 Å². The molecule has 0 aliphatic rings. The zero-order valence-corrected chi connectivity index (χ0v) is 19.0. The molecule has 0 saturated heterocycles. The monoisotopic (exact) mass is 453 g/mol. The zero-order valence-electron chi connectivity index (χ0n) is 18.2. The topological polar surface area (TPSA) is 92.9 Å². The number of ether oxygens (including phenoxy) is 1. The van der Waals surface area contributed by atoms with Crippen LogP contribution < -0.4 is 15.5 Å². The van der Waals surface area contributed by atoms with Crippen LogP contribution in [0.5, 0.6) is 5.75 Å². The van der Waals surface area contributed by atoms with E-state index in [1.54, 1.807) is 57.2 Å². The highest BCUT2D eigenvalue weighted by Gasteiger charge is 2.17. The summed E-state index contributed by atoms with van der Waals surface area (Å²) < 4.78 is 10.8. The van der Waals surface area contributed by atoms with Crippen molar-refractivity contribution in [2.24, 2.45) is 5.10 Å². The molecule has 0 aliphatic carbocycles. The second-order valence-corrected chi connectivity index (χ2v) is 7.70. The van der Waals surface area contributed by atoms with Crippen molar-refractivity contribution in [3.63, 3.8) is 0 Å². The maximum atomic E-state index is 12.6. The van der Waals surface area contributed by atoms with Crippen molar-refractivity contribution in [1.82, 2.24) is 5.43 Å². The van der Waals surface area contributed by atoms with Crippen molar-refractivity contribution in [3.8, 4) is 5.75 Å². The lowest BCUT2D eigenvalue weighted by molar-refractivity contribution is -0.122. The molecule has 2 N–H and O–H groups in total. The van der Waals surface area contributed by atoms with E-state index in [1.807, 2.05) is 19.1 Å². The van der Waals surface area contributed by atoms with Crippen LogP contribution in [0.3, 0.4) is 0 Å². The first-order chi connectivity index (χ1) is 15.2. The third-order valence-electron chi connectivity index (χ3n) is 4.74. The summed E-state index contributed by atoms with van der Waals surface area (Å²) in [6, 6.07) is 14.1. The number of hydrazone groups is 1. The van der Waals surface area contributed by atoms with Gasteiger partial charge in [-0.15, -0.1) is 0 Å². The van der Waals surface area contributed by atoms with Crippen molar-refractivity contribution in [2.45, 2.75) is 33.8 Å². The summed E-state index contributed by atoms with van der Waals surface area (Å²) in [7, 11) is 0. The number of hydrogen-bond donors (Lipinski definition) is 2. The van der Waals surface area contributed by atoms with E-state index in [2.05, 4.69) is 15.8 Å². The van der Waals surface area contributed by atoms with Crippen molar-refractivity contribution in [3.05, 3.63) is 82.3 Å². The molecular weight excluding hydrogens is 430 g/mol. The Labute approximate surface area is 191 Å². The molecule has 32 heavy (non-hydrogen) atoms. The number of amides is 2. The number of hydrogen-bond acceptors (Lipinski definition) is 5. The number of benzene rings is 2. The summed E-state index contributed by atoms with van der Waals surface area (Å²) in [5.41, 5.74) is 5.82. The van der Waals surface area contributed by atoms with E-state index >= 15 is 0 Å². The van der Waals surface area contributed by atoms with E-state index in [9.17, 15) is 9.59 Å². The molecule has 0 bridgehead atoms. The third-order valence-corrected chi connectivity index (χ3v) is 5.03. The van der Waals surface area contributed by atoms with Gasteiger partial charge in [-0.1, -0.05) is 29.8 Å². The first-order valence-electron chi connectivity index (χ1n) is 9.97. The van der Waals surface area contributed by atoms with Gasteiger partial charge in [0.1, 0.15) is 11.5 Å². The molecule has 3 aromatic rings. The van der Waals surface area contributed by atoms with E-state index in [0.29, 0.717) is 33.5 Å². The molecule has 0 saturated carbocycles. The fraction of sp³-hybridized carbons (Fsp3) is 0.208. The van der Waals surface area contributed by atoms with Gasteiger partial charge in [0.2, 0.25) is 0 Å². The smallest absolute Gasteiger partial charge is 0.274 e. The van der Waals surface area contributed by atoms with Crippen molar-refractivity contribution in [1.29, 1.82) is 0 Å². The minimum Gasteiger partial charge on any atom is -0.479 e. The van der Waals surface area contributed by atoms with Gasteiger partial charge in [-0.25, -0.2) is 5.43 Å². The Balaban J connectivity index is 1.64. The second kappa shape index (κ2) is 10.2. The number of furan rings is 1. The normalized spacial score (nSPS) is 12.2. The molecular formula is C24H24ClN3O4. The Morgan fingerprint density at radius 2 is 1.91 bits per heavy atom. The maximum Gasteiger partial charge on any atom is 0.274 e. The lowest BCUT2D eigenvalue weighted by atomic mass is 10.1. The summed E-state index contributed by atoms with van der Waals surface area (Å²) >= 11 is 6.18. The molecule has 8 heteroatoms. The molecule has 7 nitrogen and oxygen atoms in total. The Morgan fingerprint density at radius 3 is 2.59 bits per heavy atom. The summed E-state index contributed by atoms with van der Waals surface area (Å²) in [6.07, 6.45) is 0.691. The number of nitrogens with zero attached hydrogens (tertiary/aromatic N) is 1. The molecule has 0 unspecified atom stereocenters. The van der Waals surface area contributed by atoms with Gasteiger partial charge in [0.05, 0.1) is 22.6 Å². The highest BCUT2D eigenvalue weighted by molar-refractivity contribution is 6.32. The minimum atomic E-state index is -0.758. The SMILES string of the molecule is C/C(=N/NC(=O)c1ccoc1C)c1cccc(NC(=O)[C@H](C)Oc2ccc(C)cc2Cl)c1. The molecule has 1 atom stereocenters. The summed E-state index contributed by atoms with van der Waals surface area (Å²) in [4.78, 5) is 24.8. The number of aryl methyl sites for hydroxylation is 2. The Bertz CT molecular complexity index is 1170. The van der Waals surface area contributed by atoms with Crippen LogP contribution in [-0.2, 0) is 4.79 Å². The number of nitrogens with one attached hydrogen (secondary N) is 2. The van der Waals surface area contributed by atoms with Gasteiger partial charge in [0.15, 0.2) is 6.10 Å². The quantitative estimate of drug-likeness (QED) is 0.384. The molecule has 3 rings (SSSR count). The molecule has 1 aromatic heterocycles. The van der Waals surface area contributed by atoms with E-state index in [-0.39, 0.29) is 11.8 Å². The van der Waals surface area contributed by atoms with Gasteiger partial charge in [-0.3, -0.25) is 9.59 Å². The number of rotatable bonds is 7. The van der Waals surface area contributed by atoms with Gasteiger partial charge in [0.25, 0.3) is 11.8 Å². The molecule has 0 aliphatic heterocycles. The summed E-state index contributed by atoms with van der Waals surface area (Å²) in [6.45, 7) is 7.03. The average molecular weight is 454 g/mol. The van der Waals surface area contributed by atoms with Gasteiger partial charge >= 0.3 is 0 Å². The predicted molar refractivity (Wildman–Crippen MR) is 124 cm³/mol. The van der Waals surface area contributed by atoms with E-state index in [0.717, 1.165) is 11.1 Å². The van der Waals surface area contributed by atoms with Gasteiger partial charge in [0, 0.05) is 5.69 Å². The predicted octanol–water partition coefficient (Wildman–Crippen LogP) is 5.11. The first kappa shape index (κ1) is 23.1. The lowest BCUT2D eigenvalue weighted by Crippen LogP contribution is -2.30. The third kappa shape index (κ3) is 5.76. The largest absolute Gasteiger partial charge is 0.479 e. The average Bonchev–Trinajstić information content (AvgIpc) is 3.19. The van der Waals surface area contributed by atoms with E-state index < -0.39 is 6.10 Å². The molecule has 2 aromatic carbocycles. The van der Waals surface area contributed by atoms with Gasteiger partial charge < -0.3 is 14.5 Å². The Hall–Kier alpha value is -3.58. The van der Waals surface area contributed by atoms with Crippen LogP contribution in [0.1, 0.15) is 41.1 Å². The molecule has 166 valence electrons. The molecule has 0 radical (unpaired) electrons. The van der Waals surface area contributed by atoms with Crippen LogP contribution in [0, 0.1) is 13.8 Å². The number of anilines is 1. The standard InChI is InChI=1S/C24H24ClN3O4/c1-14-8-9-22(21(25)12-14)32-17(4)23(29)26-19-7-5-6-18(13-19)15(2)27-28-24(30)20-10-11-31-16(20)3/h5-13,17H,1-4H3,(H,26,29)(H,28,30)/b27-15-/t17-/m0/s1. The van der Waals surface area contributed by atoms with E-state index in [1.165, 1.54) is 6.26 Å². The van der Waals surface area contributed by atoms with Crippen LogP contribution in [0.4, 0.5) is 5.69 Å². The maximum absolute atomic E-state index is 12.6. The van der Waals surface area contributed by atoms with E-state index in [4.69, 9.17) is 20.8 Å². The number of carbonyl (C=O) groups is 2. The van der Waals surface area contributed by atoms with Crippen molar-refractivity contribution >= 4 is 34.8 Å². The minimum absolute atomic E-state index is 0.322. The highest BCUT2D eigenvalue weighted by Crippen LogP contribution is 2.26. The Morgan fingerprint density at radius 1 is 1.12 bits per heavy atom. The molecule has 0 spiro atoms.